The summed E-state index contributed by atoms with van der Waals surface area (Å²) in [7, 11) is 0. The third kappa shape index (κ3) is 6.29. The van der Waals surface area contributed by atoms with Crippen LogP contribution in [0.25, 0.3) is 0 Å². The first-order valence-corrected chi connectivity index (χ1v) is 9.58. The molecule has 7 heteroatoms. The molecule has 0 saturated heterocycles. The van der Waals surface area contributed by atoms with Crippen molar-refractivity contribution in [3.8, 4) is 5.75 Å². The molecule has 0 radical (unpaired) electrons. The standard InChI is InChI=1S/C19H27N3O3S/c1-3-13(2)25-16-11-9-15(10-12-16)17(23)20-19(26)22-21-18(24)14-7-5-4-6-8-14/h9-14H,3-8H2,1-2H3,(H,21,24)(H2,20,22,23,26). The number of hydrogen-bond acceptors (Lipinski definition) is 4. The minimum absolute atomic E-state index is 0.0211. The summed E-state index contributed by atoms with van der Waals surface area (Å²) in [4.78, 5) is 24.2. The molecule has 1 aliphatic rings. The molecule has 1 aromatic rings. The molecule has 1 fully saturated rings. The van der Waals surface area contributed by atoms with E-state index in [1.54, 1.807) is 24.3 Å². The molecular formula is C19H27N3O3S. The van der Waals surface area contributed by atoms with Gasteiger partial charge in [-0.3, -0.25) is 25.8 Å². The van der Waals surface area contributed by atoms with Crippen molar-refractivity contribution in [3.05, 3.63) is 29.8 Å². The second-order valence-electron chi connectivity index (χ2n) is 6.59. The van der Waals surface area contributed by atoms with Gasteiger partial charge in [0.25, 0.3) is 5.91 Å². The molecule has 1 unspecified atom stereocenters. The maximum absolute atomic E-state index is 12.2. The van der Waals surface area contributed by atoms with Gasteiger partial charge in [0, 0.05) is 11.5 Å². The van der Waals surface area contributed by atoms with Crippen LogP contribution in [0.15, 0.2) is 24.3 Å². The van der Waals surface area contributed by atoms with Crippen molar-refractivity contribution in [2.75, 3.05) is 0 Å². The minimum atomic E-state index is -0.343. The van der Waals surface area contributed by atoms with Gasteiger partial charge in [-0.05, 0) is 62.7 Å². The Kier molecular flexibility index (Phi) is 7.84. The number of nitrogens with one attached hydrogen (secondary N) is 3. The number of thiocarbonyl (C=S) groups is 1. The highest BCUT2D eigenvalue weighted by Crippen LogP contribution is 2.23. The Balaban J connectivity index is 1.77. The zero-order valence-electron chi connectivity index (χ0n) is 15.3. The fraction of sp³-hybridized carbons (Fsp3) is 0.526. The SMILES string of the molecule is CCC(C)Oc1ccc(C(=O)NC(=S)NNC(=O)C2CCCCC2)cc1. The van der Waals surface area contributed by atoms with Gasteiger partial charge in [0.05, 0.1) is 6.10 Å². The number of hydrazine groups is 1. The van der Waals surface area contributed by atoms with Crippen LogP contribution in [0, 0.1) is 5.92 Å². The van der Waals surface area contributed by atoms with Crippen LogP contribution in [0.4, 0.5) is 0 Å². The first kappa shape index (κ1) is 20.2. The quantitative estimate of drug-likeness (QED) is 0.543. The summed E-state index contributed by atoms with van der Waals surface area (Å²) in [5, 5.41) is 2.62. The molecule has 1 atom stereocenters. The van der Waals surface area contributed by atoms with Gasteiger partial charge in [-0.2, -0.15) is 0 Å². The Hall–Kier alpha value is -2.15. The molecule has 0 spiro atoms. The molecule has 142 valence electrons. The summed E-state index contributed by atoms with van der Waals surface area (Å²) in [6.07, 6.45) is 6.18. The molecule has 3 N–H and O–H groups in total. The van der Waals surface area contributed by atoms with Crippen LogP contribution in [-0.4, -0.2) is 23.0 Å². The van der Waals surface area contributed by atoms with Crippen LogP contribution >= 0.6 is 12.2 Å². The van der Waals surface area contributed by atoms with E-state index < -0.39 is 0 Å². The van der Waals surface area contributed by atoms with Gasteiger partial charge < -0.3 is 4.74 Å². The largest absolute Gasteiger partial charge is 0.491 e. The predicted octanol–water partition coefficient (Wildman–Crippen LogP) is 3.08. The van der Waals surface area contributed by atoms with Crippen molar-refractivity contribution in [1.29, 1.82) is 0 Å². The monoisotopic (exact) mass is 377 g/mol. The lowest BCUT2D eigenvalue weighted by Crippen LogP contribution is -2.50. The third-order valence-corrected chi connectivity index (χ3v) is 4.74. The van der Waals surface area contributed by atoms with Gasteiger partial charge in [0.2, 0.25) is 5.91 Å². The number of ether oxygens (including phenoxy) is 1. The number of hydrogen-bond donors (Lipinski definition) is 3. The lowest BCUT2D eigenvalue weighted by Gasteiger charge is -2.21. The van der Waals surface area contributed by atoms with Gasteiger partial charge in [-0.1, -0.05) is 26.2 Å². The molecule has 2 amide bonds. The number of carbonyl (C=O) groups is 2. The maximum atomic E-state index is 12.2. The number of rotatable bonds is 5. The highest BCUT2D eigenvalue weighted by molar-refractivity contribution is 7.80. The average molecular weight is 378 g/mol. The third-order valence-electron chi connectivity index (χ3n) is 4.53. The maximum Gasteiger partial charge on any atom is 0.257 e. The molecule has 0 heterocycles. The van der Waals surface area contributed by atoms with E-state index in [1.807, 2.05) is 13.8 Å². The number of amides is 2. The van der Waals surface area contributed by atoms with Crippen molar-refractivity contribution in [2.45, 2.75) is 58.5 Å². The zero-order valence-corrected chi connectivity index (χ0v) is 16.2. The average Bonchev–Trinajstić information content (AvgIpc) is 2.67. The summed E-state index contributed by atoms with van der Waals surface area (Å²) < 4.78 is 5.68. The molecule has 2 rings (SSSR count). The Labute approximate surface area is 160 Å². The van der Waals surface area contributed by atoms with E-state index in [9.17, 15) is 9.59 Å². The first-order chi connectivity index (χ1) is 12.5. The van der Waals surface area contributed by atoms with E-state index in [-0.39, 0.29) is 28.9 Å². The highest BCUT2D eigenvalue weighted by Gasteiger charge is 2.21. The second kappa shape index (κ2) is 10.1. The van der Waals surface area contributed by atoms with Crippen molar-refractivity contribution in [1.82, 2.24) is 16.2 Å². The van der Waals surface area contributed by atoms with E-state index in [0.717, 1.165) is 37.9 Å². The molecule has 26 heavy (non-hydrogen) atoms. The summed E-state index contributed by atoms with van der Waals surface area (Å²) >= 11 is 5.07. The Morgan fingerprint density at radius 3 is 2.42 bits per heavy atom. The summed E-state index contributed by atoms with van der Waals surface area (Å²) in [6, 6.07) is 6.86. The van der Waals surface area contributed by atoms with Crippen molar-refractivity contribution < 1.29 is 14.3 Å². The zero-order chi connectivity index (χ0) is 18.9. The molecule has 6 nitrogen and oxygen atoms in total. The summed E-state index contributed by atoms with van der Waals surface area (Å²) in [6.45, 7) is 4.04. The second-order valence-corrected chi connectivity index (χ2v) is 7.00. The van der Waals surface area contributed by atoms with Gasteiger partial charge >= 0.3 is 0 Å². The minimum Gasteiger partial charge on any atom is -0.491 e. The van der Waals surface area contributed by atoms with Crippen LogP contribution in [-0.2, 0) is 4.79 Å². The van der Waals surface area contributed by atoms with Crippen molar-refractivity contribution in [3.63, 3.8) is 0 Å². The topological polar surface area (TPSA) is 79.5 Å². The smallest absolute Gasteiger partial charge is 0.257 e. The lowest BCUT2D eigenvalue weighted by molar-refractivity contribution is -0.126. The molecule has 1 aromatic carbocycles. The fourth-order valence-electron chi connectivity index (χ4n) is 2.79. The van der Waals surface area contributed by atoms with Crippen molar-refractivity contribution in [2.24, 2.45) is 5.92 Å². The molecule has 0 bridgehead atoms. The Morgan fingerprint density at radius 2 is 1.81 bits per heavy atom. The van der Waals surface area contributed by atoms with Crippen LogP contribution in [0.2, 0.25) is 0 Å². The van der Waals surface area contributed by atoms with Gasteiger partial charge in [0.1, 0.15) is 5.75 Å². The van der Waals surface area contributed by atoms with Gasteiger partial charge in [0.15, 0.2) is 5.11 Å². The van der Waals surface area contributed by atoms with Crippen molar-refractivity contribution >= 4 is 29.1 Å². The van der Waals surface area contributed by atoms with Crippen LogP contribution in [0.5, 0.6) is 5.75 Å². The summed E-state index contributed by atoms with van der Waals surface area (Å²) in [5.74, 6) is 0.321. The van der Waals surface area contributed by atoms with E-state index >= 15 is 0 Å². The lowest BCUT2D eigenvalue weighted by atomic mass is 9.89. The van der Waals surface area contributed by atoms with E-state index in [2.05, 4.69) is 16.2 Å². The molecule has 0 aromatic heterocycles. The fourth-order valence-corrected chi connectivity index (χ4v) is 2.94. The highest BCUT2D eigenvalue weighted by atomic mass is 32.1. The van der Waals surface area contributed by atoms with Gasteiger partial charge in [-0.15, -0.1) is 0 Å². The van der Waals surface area contributed by atoms with Crippen LogP contribution in [0.3, 0.4) is 0 Å². The normalized spacial score (nSPS) is 15.6. The first-order valence-electron chi connectivity index (χ1n) is 9.17. The Bertz CT molecular complexity index is 627. The molecule has 1 saturated carbocycles. The predicted molar refractivity (Wildman–Crippen MR) is 105 cm³/mol. The van der Waals surface area contributed by atoms with E-state index in [1.165, 1.54) is 6.42 Å². The number of carbonyl (C=O) groups excluding carboxylic acids is 2. The van der Waals surface area contributed by atoms with Crippen LogP contribution in [0.1, 0.15) is 62.7 Å². The molecule has 1 aliphatic carbocycles. The number of benzene rings is 1. The van der Waals surface area contributed by atoms with E-state index in [0.29, 0.717) is 5.56 Å². The molecular weight excluding hydrogens is 350 g/mol. The van der Waals surface area contributed by atoms with E-state index in [4.69, 9.17) is 17.0 Å². The Morgan fingerprint density at radius 1 is 1.15 bits per heavy atom. The summed E-state index contributed by atoms with van der Waals surface area (Å²) in [5.41, 5.74) is 5.64. The van der Waals surface area contributed by atoms with Crippen LogP contribution < -0.4 is 20.9 Å². The molecule has 0 aliphatic heterocycles. The van der Waals surface area contributed by atoms with Gasteiger partial charge in [-0.25, -0.2) is 0 Å².